The van der Waals surface area contributed by atoms with Crippen molar-refractivity contribution in [3.8, 4) is 0 Å². The molecule has 0 aliphatic rings. The van der Waals surface area contributed by atoms with Crippen molar-refractivity contribution >= 4 is 16.7 Å². The Bertz CT molecular complexity index is 325. The summed E-state index contributed by atoms with van der Waals surface area (Å²) in [6.45, 7) is 12.0. The Morgan fingerprint density at radius 2 is 2.38 bits per heavy atom. The first-order valence-corrected chi connectivity index (χ1v) is 4.76. The van der Waals surface area contributed by atoms with Gasteiger partial charge in [0, 0.05) is 23.8 Å². The van der Waals surface area contributed by atoms with E-state index in [1.807, 2.05) is 16.8 Å². The van der Waals surface area contributed by atoms with Gasteiger partial charge in [0.05, 0.1) is 0 Å². The maximum Gasteiger partial charge on any atom is 0.146 e. The van der Waals surface area contributed by atoms with Crippen LogP contribution in [0.4, 0.5) is 0 Å². The normalized spacial score (nSPS) is 9.54. The van der Waals surface area contributed by atoms with E-state index in [0.717, 1.165) is 17.3 Å². The molecule has 0 amide bonds. The van der Waals surface area contributed by atoms with Crippen molar-refractivity contribution in [2.24, 2.45) is 0 Å². The molecule has 68 valence electrons. The third-order valence-corrected chi connectivity index (χ3v) is 2.15. The van der Waals surface area contributed by atoms with Gasteiger partial charge in [0.25, 0.3) is 0 Å². The lowest BCUT2D eigenvalue weighted by Gasteiger charge is -2.04. The van der Waals surface area contributed by atoms with Crippen molar-refractivity contribution in [1.29, 1.82) is 0 Å². The Balaban J connectivity index is 2.85. The number of aromatic nitrogens is 2. The minimum Gasteiger partial charge on any atom is -0.327 e. The fourth-order valence-corrected chi connectivity index (χ4v) is 1.48. The Labute approximate surface area is 82.7 Å². The molecule has 1 aromatic heterocycles. The van der Waals surface area contributed by atoms with E-state index >= 15 is 0 Å². The van der Waals surface area contributed by atoms with Crippen molar-refractivity contribution in [3.05, 3.63) is 49.4 Å². The SMILES string of the molecule is C=CCn1ccnc1C(=C)SC=C. The molecule has 0 atom stereocenters. The average molecular weight is 192 g/mol. The summed E-state index contributed by atoms with van der Waals surface area (Å²) in [5.41, 5.74) is 0. The molecule has 0 fully saturated rings. The molecular formula is C10H12N2S. The van der Waals surface area contributed by atoms with E-state index < -0.39 is 0 Å². The van der Waals surface area contributed by atoms with Crippen LogP contribution in [0.5, 0.6) is 0 Å². The first-order chi connectivity index (χ1) is 6.29. The van der Waals surface area contributed by atoms with Crippen LogP contribution < -0.4 is 0 Å². The molecule has 0 aromatic carbocycles. The highest BCUT2D eigenvalue weighted by molar-refractivity contribution is 8.10. The molecule has 1 heterocycles. The van der Waals surface area contributed by atoms with Crippen LogP contribution in [-0.2, 0) is 6.54 Å². The molecule has 0 saturated carbocycles. The van der Waals surface area contributed by atoms with Crippen LogP contribution in [0, 0.1) is 0 Å². The lowest BCUT2D eigenvalue weighted by atomic mass is 10.5. The topological polar surface area (TPSA) is 17.8 Å². The number of hydrogen-bond donors (Lipinski definition) is 0. The minimum absolute atomic E-state index is 0.756. The van der Waals surface area contributed by atoms with Gasteiger partial charge in [-0.15, -0.1) is 6.58 Å². The summed E-state index contributed by atoms with van der Waals surface area (Å²) in [6.07, 6.45) is 5.50. The zero-order valence-corrected chi connectivity index (χ0v) is 8.26. The van der Waals surface area contributed by atoms with Crippen molar-refractivity contribution in [2.75, 3.05) is 0 Å². The molecule has 0 saturated heterocycles. The van der Waals surface area contributed by atoms with Crippen LogP contribution >= 0.6 is 11.8 Å². The average Bonchev–Trinajstić information content (AvgIpc) is 2.54. The maximum atomic E-state index is 4.20. The van der Waals surface area contributed by atoms with Crippen LogP contribution in [0.3, 0.4) is 0 Å². The molecule has 1 aromatic rings. The zero-order valence-electron chi connectivity index (χ0n) is 7.44. The Hall–Kier alpha value is -1.22. The Kier molecular flexibility index (Phi) is 3.58. The van der Waals surface area contributed by atoms with Gasteiger partial charge in [-0.3, -0.25) is 0 Å². The molecule has 0 aliphatic heterocycles. The summed E-state index contributed by atoms with van der Waals surface area (Å²) in [6, 6.07) is 0. The number of hydrogen-bond acceptors (Lipinski definition) is 2. The van der Waals surface area contributed by atoms with Gasteiger partial charge in [-0.25, -0.2) is 4.98 Å². The van der Waals surface area contributed by atoms with E-state index in [4.69, 9.17) is 0 Å². The number of nitrogens with zero attached hydrogens (tertiary/aromatic N) is 2. The number of rotatable bonds is 5. The fourth-order valence-electron chi connectivity index (χ4n) is 1.00. The Morgan fingerprint density at radius 3 is 3.00 bits per heavy atom. The summed E-state index contributed by atoms with van der Waals surface area (Å²) >= 11 is 1.48. The molecule has 0 radical (unpaired) electrons. The van der Waals surface area contributed by atoms with Crippen molar-refractivity contribution < 1.29 is 0 Å². The Morgan fingerprint density at radius 1 is 1.62 bits per heavy atom. The zero-order chi connectivity index (χ0) is 9.68. The number of imidazole rings is 1. The summed E-state index contributed by atoms with van der Waals surface area (Å²) in [5, 5.41) is 1.75. The van der Waals surface area contributed by atoms with E-state index in [9.17, 15) is 0 Å². The third kappa shape index (κ3) is 2.36. The van der Waals surface area contributed by atoms with Crippen molar-refractivity contribution in [1.82, 2.24) is 9.55 Å². The van der Waals surface area contributed by atoms with E-state index in [2.05, 4.69) is 24.7 Å². The second-order valence-electron chi connectivity index (χ2n) is 2.40. The summed E-state index contributed by atoms with van der Waals surface area (Å²) in [5.74, 6) is 0.879. The van der Waals surface area contributed by atoms with E-state index in [1.54, 1.807) is 11.6 Å². The van der Waals surface area contributed by atoms with E-state index in [1.165, 1.54) is 11.8 Å². The number of thioether (sulfide) groups is 1. The van der Waals surface area contributed by atoms with Crippen LogP contribution in [0.25, 0.3) is 4.91 Å². The van der Waals surface area contributed by atoms with Crippen LogP contribution in [-0.4, -0.2) is 9.55 Å². The molecular weight excluding hydrogens is 180 g/mol. The first kappa shape index (κ1) is 9.86. The summed E-state index contributed by atoms with van der Waals surface area (Å²) in [4.78, 5) is 5.10. The first-order valence-electron chi connectivity index (χ1n) is 3.88. The fraction of sp³-hybridized carbons (Fsp3) is 0.100. The highest BCUT2D eigenvalue weighted by Crippen LogP contribution is 2.24. The molecule has 0 bridgehead atoms. The van der Waals surface area contributed by atoms with Gasteiger partial charge in [-0.05, 0) is 5.41 Å². The van der Waals surface area contributed by atoms with E-state index in [-0.39, 0.29) is 0 Å². The number of allylic oxidation sites excluding steroid dienone is 1. The molecule has 0 aliphatic carbocycles. The molecule has 0 unspecified atom stereocenters. The van der Waals surface area contributed by atoms with Crippen LogP contribution in [0.2, 0.25) is 0 Å². The van der Waals surface area contributed by atoms with Gasteiger partial charge in [0.2, 0.25) is 0 Å². The summed E-state index contributed by atoms with van der Waals surface area (Å²) in [7, 11) is 0. The van der Waals surface area contributed by atoms with E-state index in [0.29, 0.717) is 0 Å². The predicted octanol–water partition coefficient (Wildman–Crippen LogP) is 2.92. The molecule has 0 N–H and O–H groups in total. The highest BCUT2D eigenvalue weighted by atomic mass is 32.2. The summed E-state index contributed by atoms with van der Waals surface area (Å²) < 4.78 is 1.99. The largest absolute Gasteiger partial charge is 0.327 e. The van der Waals surface area contributed by atoms with Gasteiger partial charge in [0.15, 0.2) is 0 Å². The lowest BCUT2D eigenvalue weighted by Crippen LogP contribution is -1.98. The predicted molar refractivity (Wildman–Crippen MR) is 59.2 cm³/mol. The third-order valence-electron chi connectivity index (χ3n) is 1.52. The maximum absolute atomic E-state index is 4.20. The van der Waals surface area contributed by atoms with Crippen molar-refractivity contribution in [2.45, 2.75) is 6.54 Å². The second kappa shape index (κ2) is 4.72. The highest BCUT2D eigenvalue weighted by Gasteiger charge is 2.04. The minimum atomic E-state index is 0.756. The van der Waals surface area contributed by atoms with Crippen molar-refractivity contribution in [3.63, 3.8) is 0 Å². The second-order valence-corrected chi connectivity index (χ2v) is 3.46. The molecule has 1 rings (SSSR count). The van der Waals surface area contributed by atoms with Gasteiger partial charge in [-0.2, -0.15) is 0 Å². The van der Waals surface area contributed by atoms with Crippen LogP contribution in [0.15, 0.2) is 43.6 Å². The van der Waals surface area contributed by atoms with Gasteiger partial charge >= 0.3 is 0 Å². The monoisotopic (exact) mass is 192 g/mol. The van der Waals surface area contributed by atoms with Gasteiger partial charge in [-0.1, -0.05) is 31.0 Å². The molecule has 0 spiro atoms. The molecule has 2 nitrogen and oxygen atoms in total. The smallest absolute Gasteiger partial charge is 0.146 e. The van der Waals surface area contributed by atoms with Crippen LogP contribution in [0.1, 0.15) is 5.82 Å². The quantitative estimate of drug-likeness (QED) is 0.667. The van der Waals surface area contributed by atoms with Gasteiger partial charge in [0.1, 0.15) is 5.82 Å². The molecule has 3 heteroatoms. The van der Waals surface area contributed by atoms with Gasteiger partial charge < -0.3 is 4.57 Å². The standard InChI is InChI=1S/C10H12N2S/c1-4-7-12-8-6-11-10(12)9(3)13-5-2/h4-6,8H,1-3,7H2. The molecule has 13 heavy (non-hydrogen) atoms. The lowest BCUT2D eigenvalue weighted by molar-refractivity contribution is 0.809.